The van der Waals surface area contributed by atoms with Crippen molar-refractivity contribution in [3.8, 4) is 34.4 Å². The highest BCUT2D eigenvalue weighted by Gasteiger charge is 2.25. The van der Waals surface area contributed by atoms with Crippen LogP contribution in [0, 0.1) is 0 Å². The summed E-state index contributed by atoms with van der Waals surface area (Å²) in [5, 5.41) is 0. The number of amides is 1. The number of carbonyl (C=O) groups excluding carboxylic acids is 1. The molecule has 3 aromatic carbocycles. The second-order valence-electron chi connectivity index (χ2n) is 11.3. The summed E-state index contributed by atoms with van der Waals surface area (Å²) in [6.07, 6.45) is 8.29. The summed E-state index contributed by atoms with van der Waals surface area (Å²) in [5.41, 5.74) is 5.74. The van der Waals surface area contributed by atoms with E-state index in [1.165, 1.54) is 0 Å². The number of aromatic nitrogens is 2. The van der Waals surface area contributed by atoms with Crippen molar-refractivity contribution in [1.29, 1.82) is 0 Å². The van der Waals surface area contributed by atoms with Gasteiger partial charge in [0.1, 0.15) is 5.82 Å². The highest BCUT2D eigenvalue weighted by atomic mass is 16.7. The van der Waals surface area contributed by atoms with E-state index < -0.39 is 0 Å². The third kappa shape index (κ3) is 6.75. The largest absolute Gasteiger partial charge is 0.454 e. The molecule has 3 heterocycles. The van der Waals surface area contributed by atoms with E-state index in [4.69, 9.17) is 23.9 Å². The Labute approximate surface area is 264 Å². The molecule has 0 fully saturated rings. The van der Waals surface area contributed by atoms with E-state index in [1.807, 2.05) is 78.6 Å². The summed E-state index contributed by atoms with van der Waals surface area (Å²) >= 11 is 0. The van der Waals surface area contributed by atoms with E-state index in [0.717, 1.165) is 58.9 Å². The number of rotatable bonds is 12. The van der Waals surface area contributed by atoms with E-state index in [9.17, 15) is 4.79 Å². The number of fused-ring (bicyclic) bond motifs is 2. The van der Waals surface area contributed by atoms with Crippen molar-refractivity contribution in [2.24, 2.45) is 0 Å². The number of benzene rings is 3. The van der Waals surface area contributed by atoms with E-state index in [1.54, 1.807) is 0 Å². The predicted molar refractivity (Wildman–Crippen MR) is 174 cm³/mol. The molecular formula is C37H39N3O5. The van der Waals surface area contributed by atoms with Crippen molar-refractivity contribution in [3.63, 3.8) is 0 Å². The molecule has 0 saturated carbocycles. The van der Waals surface area contributed by atoms with Crippen LogP contribution in [0.2, 0.25) is 0 Å². The van der Waals surface area contributed by atoms with Crippen LogP contribution in [-0.4, -0.2) is 33.9 Å². The lowest BCUT2D eigenvalue weighted by Gasteiger charge is -2.24. The fraction of sp³-hybridized carbons (Fsp3) is 0.297. The first-order valence-electron chi connectivity index (χ1n) is 15.5. The molecule has 2 aliphatic heterocycles. The maximum atomic E-state index is 14.5. The molecule has 0 N–H and O–H groups in total. The normalized spacial score (nSPS) is 13.5. The maximum absolute atomic E-state index is 14.5. The van der Waals surface area contributed by atoms with E-state index in [2.05, 4.69) is 36.6 Å². The Hall–Kier alpha value is -4.98. The Kier molecular flexibility index (Phi) is 9.19. The molecule has 8 nitrogen and oxygen atoms in total. The summed E-state index contributed by atoms with van der Waals surface area (Å²) in [7, 11) is 0. The molecule has 1 amide bonds. The fourth-order valence-corrected chi connectivity index (χ4v) is 5.67. The van der Waals surface area contributed by atoms with Crippen LogP contribution in [0.1, 0.15) is 56.1 Å². The average Bonchev–Trinajstić information content (AvgIpc) is 3.81. The van der Waals surface area contributed by atoms with Crippen molar-refractivity contribution < 1.29 is 23.7 Å². The molecule has 0 aliphatic carbocycles. The van der Waals surface area contributed by atoms with Gasteiger partial charge in [-0.05, 0) is 61.2 Å². The number of ether oxygens (including phenoxy) is 4. The number of hydrogen-bond donors (Lipinski definition) is 0. The minimum Gasteiger partial charge on any atom is -0.454 e. The van der Waals surface area contributed by atoms with Crippen LogP contribution in [-0.2, 0) is 30.8 Å². The van der Waals surface area contributed by atoms with Gasteiger partial charge in [0.05, 0.1) is 17.8 Å². The predicted octanol–water partition coefficient (Wildman–Crippen LogP) is 7.56. The summed E-state index contributed by atoms with van der Waals surface area (Å²) in [4.78, 5) is 21.6. The number of hydrogen-bond acceptors (Lipinski definition) is 6. The van der Waals surface area contributed by atoms with Crippen molar-refractivity contribution in [2.75, 3.05) is 13.6 Å². The van der Waals surface area contributed by atoms with Crippen LogP contribution in [0.5, 0.6) is 23.0 Å². The Balaban J connectivity index is 1.38. The first-order chi connectivity index (χ1) is 22.0. The molecule has 1 aromatic heterocycles. The average molecular weight is 606 g/mol. The van der Waals surface area contributed by atoms with Gasteiger partial charge in [0.2, 0.25) is 19.5 Å². The zero-order valence-electron chi connectivity index (χ0n) is 26.1. The maximum Gasteiger partial charge on any atom is 0.231 e. The monoisotopic (exact) mass is 605 g/mol. The molecule has 6 rings (SSSR count). The third-order valence-electron chi connectivity index (χ3n) is 8.04. The molecule has 0 atom stereocenters. The van der Waals surface area contributed by atoms with Crippen molar-refractivity contribution >= 4 is 11.5 Å². The lowest BCUT2D eigenvalue weighted by molar-refractivity contribution is -0.131. The van der Waals surface area contributed by atoms with Crippen LogP contribution in [0.3, 0.4) is 0 Å². The highest BCUT2D eigenvalue weighted by Crippen LogP contribution is 2.35. The fourth-order valence-electron chi connectivity index (χ4n) is 5.67. The Bertz CT molecular complexity index is 1660. The SMILES string of the molecule is C/C=C\C=C(/C)c1nc(-c2ccccc2)n(CCCC)c1CC(=O)N(Cc1ccc2c(c1)OCO2)Cc1ccc2c(c1)OCO2. The van der Waals surface area contributed by atoms with E-state index in [0.29, 0.717) is 36.1 Å². The molecule has 0 unspecified atom stereocenters. The number of allylic oxidation sites excluding steroid dienone is 4. The second kappa shape index (κ2) is 13.8. The number of nitrogens with zero attached hydrogens (tertiary/aromatic N) is 3. The number of unbranched alkanes of at least 4 members (excludes halogenated alkanes) is 1. The Morgan fingerprint density at radius 1 is 0.889 bits per heavy atom. The quantitative estimate of drug-likeness (QED) is 0.155. The molecule has 4 aromatic rings. The van der Waals surface area contributed by atoms with Crippen LogP contribution in [0.25, 0.3) is 17.0 Å². The smallest absolute Gasteiger partial charge is 0.231 e. The molecule has 0 spiro atoms. The minimum absolute atomic E-state index is 0.00248. The zero-order chi connectivity index (χ0) is 31.2. The van der Waals surface area contributed by atoms with E-state index >= 15 is 0 Å². The summed E-state index contributed by atoms with van der Waals surface area (Å²) in [6.45, 7) is 8.22. The number of carbonyl (C=O) groups is 1. The third-order valence-corrected chi connectivity index (χ3v) is 8.04. The summed E-state index contributed by atoms with van der Waals surface area (Å²) in [6, 6.07) is 21.9. The lowest BCUT2D eigenvalue weighted by Crippen LogP contribution is -2.32. The van der Waals surface area contributed by atoms with Gasteiger partial charge in [-0.1, -0.05) is 74.0 Å². The molecule has 232 valence electrons. The standard InChI is InChI=1S/C37H39N3O5/c1-4-6-11-26(3)36-30(40(18-7-5-2)37(38-36)29-12-9-8-10-13-29)21-35(41)39(22-27-14-16-31-33(19-27)44-24-42-31)23-28-15-17-32-34(20-28)45-25-43-32/h4,6,8-17,19-20H,5,7,18,21-25H2,1-3H3/b6-4-,26-11+. The Morgan fingerprint density at radius 3 is 2.11 bits per heavy atom. The van der Waals surface area contributed by atoms with Gasteiger partial charge in [0, 0.05) is 25.2 Å². The molecule has 0 bridgehead atoms. The molecular weight excluding hydrogens is 566 g/mol. The molecule has 0 radical (unpaired) electrons. The molecule has 0 saturated heterocycles. The highest BCUT2D eigenvalue weighted by molar-refractivity contribution is 5.81. The minimum atomic E-state index is 0.00248. The summed E-state index contributed by atoms with van der Waals surface area (Å²) < 4.78 is 24.6. The second-order valence-corrected chi connectivity index (χ2v) is 11.3. The van der Waals surface area contributed by atoms with Crippen molar-refractivity contribution in [2.45, 2.75) is 59.7 Å². The first kappa shape index (κ1) is 30.1. The van der Waals surface area contributed by atoms with Crippen LogP contribution < -0.4 is 18.9 Å². The van der Waals surface area contributed by atoms with Gasteiger partial charge in [-0.25, -0.2) is 4.98 Å². The molecule has 45 heavy (non-hydrogen) atoms. The van der Waals surface area contributed by atoms with Crippen LogP contribution >= 0.6 is 0 Å². The molecule has 2 aliphatic rings. The number of imidazole rings is 1. The Morgan fingerprint density at radius 2 is 1.51 bits per heavy atom. The van der Waals surface area contributed by atoms with Gasteiger partial charge >= 0.3 is 0 Å². The molecule has 8 heteroatoms. The van der Waals surface area contributed by atoms with Gasteiger partial charge in [0.25, 0.3) is 0 Å². The van der Waals surface area contributed by atoms with Gasteiger partial charge in [-0.2, -0.15) is 0 Å². The zero-order valence-corrected chi connectivity index (χ0v) is 26.1. The summed E-state index contributed by atoms with van der Waals surface area (Å²) in [5.74, 6) is 3.71. The van der Waals surface area contributed by atoms with Gasteiger partial charge in [-0.15, -0.1) is 0 Å². The topological polar surface area (TPSA) is 75.1 Å². The lowest BCUT2D eigenvalue weighted by atomic mass is 10.1. The van der Waals surface area contributed by atoms with Crippen LogP contribution in [0.15, 0.2) is 85.0 Å². The van der Waals surface area contributed by atoms with Gasteiger partial charge < -0.3 is 28.4 Å². The van der Waals surface area contributed by atoms with Crippen molar-refractivity contribution in [3.05, 3.63) is 107 Å². The van der Waals surface area contributed by atoms with E-state index in [-0.39, 0.29) is 25.9 Å². The van der Waals surface area contributed by atoms with Gasteiger partial charge in [-0.3, -0.25) is 4.79 Å². The van der Waals surface area contributed by atoms with Gasteiger partial charge in [0.15, 0.2) is 23.0 Å². The van der Waals surface area contributed by atoms with Crippen LogP contribution in [0.4, 0.5) is 0 Å². The van der Waals surface area contributed by atoms with Crippen molar-refractivity contribution in [1.82, 2.24) is 14.5 Å². The first-order valence-corrected chi connectivity index (χ1v) is 15.5.